The number of fused-ring (bicyclic) bond motifs is 1. The normalized spacial score (nSPS) is 11.6. The molecule has 0 atom stereocenters. The Hall–Kier alpha value is -2.23. The average Bonchev–Trinajstić information content (AvgIpc) is 2.78. The molecule has 0 aliphatic heterocycles. The molecule has 2 aromatic heterocycles. The average molecular weight is 319 g/mol. The van der Waals surface area contributed by atoms with Gasteiger partial charge in [-0.25, -0.2) is 14.8 Å². The van der Waals surface area contributed by atoms with Crippen LogP contribution in [0.25, 0.3) is 10.3 Å². The predicted molar refractivity (Wildman–Crippen MR) is 68.5 cm³/mol. The van der Waals surface area contributed by atoms with E-state index in [9.17, 15) is 22.8 Å². The lowest BCUT2D eigenvalue weighted by atomic mass is 10.3. The minimum Gasteiger partial charge on any atom is -0.477 e. The Morgan fingerprint density at radius 2 is 1.95 bits per heavy atom. The second-order valence-electron chi connectivity index (χ2n) is 3.84. The molecule has 1 amide bonds. The van der Waals surface area contributed by atoms with E-state index in [1.165, 1.54) is 19.3 Å². The summed E-state index contributed by atoms with van der Waals surface area (Å²) in [6.07, 6.45) is -2.60. The van der Waals surface area contributed by atoms with E-state index in [0.29, 0.717) is 16.2 Å². The molecule has 0 bridgehead atoms. The van der Waals surface area contributed by atoms with Gasteiger partial charge in [0.2, 0.25) is 0 Å². The molecule has 0 radical (unpaired) electrons. The van der Waals surface area contributed by atoms with Gasteiger partial charge >= 0.3 is 18.1 Å². The van der Waals surface area contributed by atoms with Gasteiger partial charge in [0.25, 0.3) is 0 Å². The summed E-state index contributed by atoms with van der Waals surface area (Å²) in [5.74, 6) is -3.58. The van der Waals surface area contributed by atoms with Crippen molar-refractivity contribution in [2.24, 2.45) is 0 Å². The van der Waals surface area contributed by atoms with Gasteiger partial charge in [-0.2, -0.15) is 13.2 Å². The van der Waals surface area contributed by atoms with Crippen LogP contribution in [-0.2, 0) is 4.79 Å². The van der Waals surface area contributed by atoms with Crippen LogP contribution in [0, 0.1) is 0 Å². The van der Waals surface area contributed by atoms with Crippen molar-refractivity contribution in [1.29, 1.82) is 0 Å². The van der Waals surface area contributed by atoms with E-state index in [1.807, 2.05) is 0 Å². The van der Waals surface area contributed by atoms with Crippen molar-refractivity contribution in [2.75, 3.05) is 11.4 Å². The number of amides is 1. The van der Waals surface area contributed by atoms with Gasteiger partial charge in [-0.15, -0.1) is 11.3 Å². The van der Waals surface area contributed by atoms with Crippen LogP contribution in [0.4, 0.5) is 18.9 Å². The molecule has 0 aliphatic carbocycles. The summed E-state index contributed by atoms with van der Waals surface area (Å²) in [5.41, 5.74) is -0.417. The fourth-order valence-corrected chi connectivity index (χ4v) is 2.71. The van der Waals surface area contributed by atoms with Gasteiger partial charge in [0.1, 0.15) is 15.2 Å². The Kier molecular flexibility index (Phi) is 3.81. The van der Waals surface area contributed by atoms with Crippen LogP contribution in [0.1, 0.15) is 16.6 Å². The number of aromatic nitrogens is 2. The Morgan fingerprint density at radius 1 is 1.33 bits per heavy atom. The summed E-state index contributed by atoms with van der Waals surface area (Å²) in [4.78, 5) is 30.5. The number of carboxylic acids is 1. The van der Waals surface area contributed by atoms with Crippen molar-refractivity contribution in [3.63, 3.8) is 0 Å². The number of carbonyl (C=O) groups is 2. The molecule has 0 aliphatic rings. The number of alkyl halides is 3. The van der Waals surface area contributed by atoms with Gasteiger partial charge in [-0.3, -0.25) is 4.79 Å². The number of carboxylic acid groups (broad SMARTS) is 1. The smallest absolute Gasteiger partial charge is 0.471 e. The van der Waals surface area contributed by atoms with E-state index in [0.717, 1.165) is 0 Å². The number of carbonyl (C=O) groups excluding carboxylic acids is 1. The van der Waals surface area contributed by atoms with Gasteiger partial charge < -0.3 is 10.0 Å². The van der Waals surface area contributed by atoms with Crippen LogP contribution in [0.5, 0.6) is 0 Å². The zero-order valence-corrected chi connectivity index (χ0v) is 11.3. The van der Waals surface area contributed by atoms with E-state index in [1.54, 1.807) is 0 Å². The number of rotatable bonds is 3. The third-order valence-corrected chi connectivity index (χ3v) is 3.64. The first-order valence-corrected chi connectivity index (χ1v) is 6.44. The van der Waals surface area contributed by atoms with Crippen LogP contribution in [0.15, 0.2) is 12.4 Å². The molecule has 2 rings (SSSR count). The molecule has 112 valence electrons. The molecule has 0 unspecified atom stereocenters. The fraction of sp³-hybridized carbons (Fsp3) is 0.273. The molecular formula is C11H8F3N3O3S. The maximum atomic E-state index is 12.6. The van der Waals surface area contributed by atoms with Gasteiger partial charge in [-0.1, -0.05) is 0 Å². The topological polar surface area (TPSA) is 83.4 Å². The van der Waals surface area contributed by atoms with Gasteiger partial charge in [0.15, 0.2) is 0 Å². The van der Waals surface area contributed by atoms with Crippen molar-refractivity contribution in [2.45, 2.75) is 13.1 Å². The molecule has 2 heterocycles. The van der Waals surface area contributed by atoms with Crippen LogP contribution < -0.4 is 4.90 Å². The largest absolute Gasteiger partial charge is 0.477 e. The lowest BCUT2D eigenvalue weighted by Gasteiger charge is -2.21. The maximum Gasteiger partial charge on any atom is 0.471 e. The fourth-order valence-electron chi connectivity index (χ4n) is 1.77. The first-order valence-electron chi connectivity index (χ1n) is 5.62. The SMILES string of the molecule is CCN(C(=O)C(F)(F)F)c1c(C(=O)O)sc2nccnc12. The first kappa shape index (κ1) is 15.2. The van der Waals surface area contributed by atoms with E-state index < -0.39 is 22.9 Å². The van der Waals surface area contributed by atoms with Crippen LogP contribution in [0.2, 0.25) is 0 Å². The van der Waals surface area contributed by atoms with Gasteiger partial charge in [0, 0.05) is 18.9 Å². The van der Waals surface area contributed by atoms with Crippen LogP contribution in [-0.4, -0.2) is 39.7 Å². The highest BCUT2D eigenvalue weighted by molar-refractivity contribution is 7.21. The highest BCUT2D eigenvalue weighted by atomic mass is 32.1. The minimum atomic E-state index is -5.11. The number of aromatic carboxylic acids is 1. The maximum absolute atomic E-state index is 12.6. The van der Waals surface area contributed by atoms with Crippen LogP contribution in [0.3, 0.4) is 0 Å². The molecule has 0 spiro atoms. The second kappa shape index (κ2) is 5.28. The van der Waals surface area contributed by atoms with E-state index in [-0.39, 0.29) is 22.6 Å². The van der Waals surface area contributed by atoms with Crippen LogP contribution >= 0.6 is 11.3 Å². The highest BCUT2D eigenvalue weighted by Crippen LogP contribution is 2.37. The summed E-state index contributed by atoms with van der Waals surface area (Å²) in [6, 6.07) is 0. The summed E-state index contributed by atoms with van der Waals surface area (Å²) >= 11 is 0.669. The zero-order valence-electron chi connectivity index (χ0n) is 10.5. The lowest BCUT2D eigenvalue weighted by Crippen LogP contribution is -2.41. The van der Waals surface area contributed by atoms with Gasteiger partial charge in [0.05, 0.1) is 5.69 Å². The summed E-state index contributed by atoms with van der Waals surface area (Å²) < 4.78 is 37.9. The Balaban J connectivity index is 2.70. The zero-order chi connectivity index (χ0) is 15.8. The van der Waals surface area contributed by atoms with Crippen molar-refractivity contribution in [3.05, 3.63) is 17.3 Å². The summed E-state index contributed by atoms with van der Waals surface area (Å²) in [5, 5.41) is 9.13. The van der Waals surface area contributed by atoms with E-state index >= 15 is 0 Å². The molecule has 0 saturated carbocycles. The Bertz CT molecular complexity index is 714. The van der Waals surface area contributed by atoms with Gasteiger partial charge in [-0.05, 0) is 6.92 Å². The standard InChI is InChI=1S/C11H8F3N3O3S/c1-2-17(10(20)11(12,13)14)6-5-8(16-4-3-15-5)21-7(6)9(18)19/h3-4H,2H2,1H3,(H,18,19). The number of nitrogens with zero attached hydrogens (tertiary/aromatic N) is 3. The monoisotopic (exact) mass is 319 g/mol. The lowest BCUT2D eigenvalue weighted by molar-refractivity contribution is -0.170. The molecule has 2 aromatic rings. The number of hydrogen-bond donors (Lipinski definition) is 1. The quantitative estimate of drug-likeness (QED) is 0.938. The number of thiophene rings is 1. The van der Waals surface area contributed by atoms with Crippen molar-refractivity contribution >= 4 is 39.2 Å². The second-order valence-corrected chi connectivity index (χ2v) is 4.84. The number of halogens is 3. The molecule has 21 heavy (non-hydrogen) atoms. The third kappa shape index (κ3) is 2.66. The van der Waals surface area contributed by atoms with Crippen molar-refractivity contribution < 1.29 is 27.9 Å². The van der Waals surface area contributed by atoms with Crippen molar-refractivity contribution in [3.8, 4) is 0 Å². The minimum absolute atomic E-state index is 0.0423. The Labute approximate surface area is 119 Å². The first-order chi connectivity index (χ1) is 9.77. The molecular weight excluding hydrogens is 311 g/mol. The molecule has 10 heteroatoms. The Morgan fingerprint density at radius 3 is 2.48 bits per heavy atom. The van der Waals surface area contributed by atoms with Crippen molar-refractivity contribution in [1.82, 2.24) is 9.97 Å². The summed E-state index contributed by atoms with van der Waals surface area (Å²) in [6.45, 7) is 0.968. The number of anilines is 1. The third-order valence-electron chi connectivity index (χ3n) is 2.57. The molecule has 0 aromatic carbocycles. The molecule has 6 nitrogen and oxygen atoms in total. The van der Waals surface area contributed by atoms with E-state index in [4.69, 9.17) is 5.11 Å². The molecule has 1 N–H and O–H groups in total. The van der Waals surface area contributed by atoms with E-state index in [2.05, 4.69) is 9.97 Å². The number of hydrogen-bond acceptors (Lipinski definition) is 5. The highest BCUT2D eigenvalue weighted by Gasteiger charge is 2.44. The predicted octanol–water partition coefficient (Wildman–Crippen LogP) is 2.30. The summed E-state index contributed by atoms with van der Waals surface area (Å²) in [7, 11) is 0. The molecule has 0 saturated heterocycles. The molecule has 0 fully saturated rings.